The lowest BCUT2D eigenvalue weighted by Crippen LogP contribution is -2.26. The predicted octanol–water partition coefficient (Wildman–Crippen LogP) is 4.89. The largest absolute Gasteiger partial charge is 0.316 e. The Morgan fingerprint density at radius 2 is 2.06 bits per heavy atom. The van der Waals surface area contributed by atoms with E-state index in [1.165, 1.54) is 22.0 Å². The third-order valence-electron chi connectivity index (χ3n) is 4.83. The first-order valence-electron chi connectivity index (χ1n) is 9.62. The number of hydrogen-bond acceptors (Lipinski definition) is 6. The maximum absolute atomic E-state index is 14.3. The fraction of sp³-hybridized carbons (Fsp3) is 0.130. The number of halogens is 1. The molecule has 0 aliphatic heterocycles. The van der Waals surface area contributed by atoms with Gasteiger partial charge >= 0.3 is 0 Å². The van der Waals surface area contributed by atoms with E-state index in [-0.39, 0.29) is 16.6 Å². The van der Waals surface area contributed by atoms with Gasteiger partial charge in [0.05, 0.1) is 27.4 Å². The van der Waals surface area contributed by atoms with Crippen LogP contribution >= 0.6 is 23.1 Å². The summed E-state index contributed by atoms with van der Waals surface area (Å²) in [6.07, 6.45) is 0. The Bertz CT molecular complexity index is 1440. The van der Waals surface area contributed by atoms with Gasteiger partial charge in [0.2, 0.25) is 5.91 Å². The van der Waals surface area contributed by atoms with Gasteiger partial charge in [0, 0.05) is 0 Å². The number of anilines is 1. The Morgan fingerprint density at radius 1 is 1.28 bits per heavy atom. The van der Waals surface area contributed by atoms with Crippen LogP contribution in [0.2, 0.25) is 0 Å². The number of rotatable bonds is 5. The van der Waals surface area contributed by atoms with E-state index in [1.54, 1.807) is 61.7 Å². The van der Waals surface area contributed by atoms with Crippen molar-refractivity contribution in [2.24, 2.45) is 0 Å². The summed E-state index contributed by atoms with van der Waals surface area (Å²) in [5, 5.41) is 14.1. The predicted molar refractivity (Wildman–Crippen MR) is 125 cm³/mol. The van der Waals surface area contributed by atoms with Crippen molar-refractivity contribution in [3.63, 3.8) is 0 Å². The number of fused-ring (bicyclic) bond motifs is 1. The van der Waals surface area contributed by atoms with Crippen LogP contribution in [0.3, 0.4) is 0 Å². The lowest BCUT2D eigenvalue weighted by atomic mass is 10.2. The number of amides is 1. The SMILES string of the molecule is Cc1ccc(-n2c(SC(C)C(=O)Nc3sccc3C#N)nc3ccccc3c2=O)cc1F. The minimum atomic E-state index is -0.641. The van der Waals surface area contributed by atoms with Gasteiger partial charge in [0.1, 0.15) is 16.9 Å². The van der Waals surface area contributed by atoms with Crippen molar-refractivity contribution in [2.75, 3.05) is 5.32 Å². The number of thioether (sulfide) groups is 1. The molecule has 0 saturated heterocycles. The van der Waals surface area contributed by atoms with Gasteiger partial charge in [-0.1, -0.05) is 30.0 Å². The molecule has 1 amide bonds. The van der Waals surface area contributed by atoms with Crippen molar-refractivity contribution in [3.8, 4) is 11.8 Å². The second kappa shape index (κ2) is 8.94. The van der Waals surface area contributed by atoms with Crippen molar-refractivity contribution in [1.29, 1.82) is 5.26 Å². The van der Waals surface area contributed by atoms with Crippen LogP contribution in [-0.4, -0.2) is 20.7 Å². The van der Waals surface area contributed by atoms with Gasteiger partial charge in [-0.05, 0) is 55.1 Å². The molecule has 2 aromatic carbocycles. The molecule has 2 heterocycles. The van der Waals surface area contributed by atoms with E-state index in [2.05, 4.69) is 10.3 Å². The molecule has 2 aromatic heterocycles. The summed E-state index contributed by atoms with van der Waals surface area (Å²) in [5.41, 5.74) is 1.31. The number of nitrogens with one attached hydrogen (secondary N) is 1. The number of benzene rings is 2. The molecular weight excluding hydrogens is 447 g/mol. The maximum Gasteiger partial charge on any atom is 0.266 e. The summed E-state index contributed by atoms with van der Waals surface area (Å²) >= 11 is 2.34. The molecule has 0 aliphatic carbocycles. The van der Waals surface area contributed by atoms with Crippen molar-refractivity contribution in [3.05, 3.63) is 81.2 Å². The highest BCUT2D eigenvalue weighted by atomic mass is 32.2. The van der Waals surface area contributed by atoms with Gasteiger partial charge in [-0.15, -0.1) is 11.3 Å². The molecule has 1 N–H and O–H groups in total. The summed E-state index contributed by atoms with van der Waals surface area (Å²) in [6.45, 7) is 3.32. The molecule has 9 heteroatoms. The van der Waals surface area contributed by atoms with E-state index < -0.39 is 11.1 Å². The molecule has 32 heavy (non-hydrogen) atoms. The minimum absolute atomic E-state index is 0.270. The van der Waals surface area contributed by atoms with Crippen LogP contribution in [0.4, 0.5) is 9.39 Å². The van der Waals surface area contributed by atoms with Crippen molar-refractivity contribution in [2.45, 2.75) is 24.3 Å². The Morgan fingerprint density at radius 3 is 2.81 bits per heavy atom. The van der Waals surface area contributed by atoms with Crippen LogP contribution in [0.1, 0.15) is 18.1 Å². The third kappa shape index (κ3) is 4.15. The van der Waals surface area contributed by atoms with Gasteiger partial charge in [-0.25, -0.2) is 9.37 Å². The van der Waals surface area contributed by atoms with E-state index in [4.69, 9.17) is 5.26 Å². The molecule has 0 saturated carbocycles. The van der Waals surface area contributed by atoms with Gasteiger partial charge in [-0.2, -0.15) is 5.26 Å². The third-order valence-corrected chi connectivity index (χ3v) is 6.71. The lowest BCUT2D eigenvalue weighted by molar-refractivity contribution is -0.115. The minimum Gasteiger partial charge on any atom is -0.316 e. The highest BCUT2D eigenvalue weighted by Gasteiger charge is 2.22. The number of hydrogen-bond donors (Lipinski definition) is 1. The molecular formula is C23H17FN4O2S2. The topological polar surface area (TPSA) is 87.8 Å². The molecule has 4 aromatic rings. The van der Waals surface area contributed by atoms with E-state index in [1.807, 2.05) is 6.07 Å². The highest BCUT2D eigenvalue weighted by molar-refractivity contribution is 8.00. The van der Waals surface area contributed by atoms with Gasteiger partial charge in [0.25, 0.3) is 5.56 Å². The number of para-hydroxylation sites is 1. The quantitative estimate of drug-likeness (QED) is 0.336. The molecule has 6 nitrogen and oxygen atoms in total. The molecule has 0 aliphatic rings. The summed E-state index contributed by atoms with van der Waals surface area (Å²) in [7, 11) is 0. The fourth-order valence-electron chi connectivity index (χ4n) is 3.06. The Labute approximate surface area is 191 Å². The first-order chi connectivity index (χ1) is 15.4. The highest BCUT2D eigenvalue weighted by Crippen LogP contribution is 2.28. The van der Waals surface area contributed by atoms with Crippen LogP contribution < -0.4 is 10.9 Å². The number of thiophene rings is 1. The van der Waals surface area contributed by atoms with Gasteiger partial charge in [0.15, 0.2) is 5.16 Å². The molecule has 0 radical (unpaired) electrons. The van der Waals surface area contributed by atoms with Crippen molar-refractivity contribution < 1.29 is 9.18 Å². The zero-order chi connectivity index (χ0) is 22.8. The number of nitrogens with zero attached hydrogens (tertiary/aromatic N) is 3. The van der Waals surface area contributed by atoms with E-state index in [0.717, 1.165) is 11.8 Å². The van der Waals surface area contributed by atoms with Crippen LogP contribution in [0.5, 0.6) is 0 Å². The first kappa shape index (κ1) is 21.7. The standard InChI is InChI=1S/C23H17FN4O2S2/c1-13-7-8-16(11-18(13)24)28-22(30)17-5-3-4-6-19(17)26-23(28)32-14(2)20(29)27-21-15(12-25)9-10-31-21/h3-11,14H,1-2H3,(H,27,29). The zero-order valence-corrected chi connectivity index (χ0v) is 18.8. The number of nitriles is 1. The Kier molecular flexibility index (Phi) is 6.08. The van der Waals surface area contributed by atoms with Crippen molar-refractivity contribution in [1.82, 2.24) is 9.55 Å². The molecule has 1 atom stereocenters. The van der Waals surface area contributed by atoms with Crippen LogP contribution in [0, 0.1) is 24.1 Å². The second-order valence-corrected chi connectivity index (χ2v) is 9.23. The summed E-state index contributed by atoms with van der Waals surface area (Å²) < 4.78 is 15.6. The number of aromatic nitrogens is 2. The number of aryl methyl sites for hydroxylation is 1. The maximum atomic E-state index is 14.3. The number of carbonyl (C=O) groups excluding carboxylic acids is 1. The average molecular weight is 465 g/mol. The Balaban J connectivity index is 1.75. The molecule has 160 valence electrons. The van der Waals surface area contributed by atoms with E-state index in [0.29, 0.717) is 32.7 Å². The van der Waals surface area contributed by atoms with Crippen LogP contribution in [0.25, 0.3) is 16.6 Å². The normalized spacial score (nSPS) is 11.8. The average Bonchev–Trinajstić information content (AvgIpc) is 3.23. The fourth-order valence-corrected chi connectivity index (χ4v) is 4.73. The molecule has 4 rings (SSSR count). The van der Waals surface area contributed by atoms with Crippen LogP contribution in [0.15, 0.2) is 63.9 Å². The summed E-state index contributed by atoms with van der Waals surface area (Å²) in [4.78, 5) is 30.6. The summed E-state index contributed by atoms with van der Waals surface area (Å²) in [5.74, 6) is -0.774. The van der Waals surface area contributed by atoms with Crippen LogP contribution in [-0.2, 0) is 4.79 Å². The monoisotopic (exact) mass is 464 g/mol. The van der Waals surface area contributed by atoms with E-state index in [9.17, 15) is 14.0 Å². The smallest absolute Gasteiger partial charge is 0.266 e. The molecule has 0 fully saturated rings. The van der Waals surface area contributed by atoms with Gasteiger partial charge in [-0.3, -0.25) is 14.2 Å². The summed E-state index contributed by atoms with van der Waals surface area (Å²) in [6, 6.07) is 15.1. The molecule has 0 spiro atoms. The van der Waals surface area contributed by atoms with E-state index >= 15 is 0 Å². The Hall–Kier alpha value is -3.48. The number of carbonyl (C=O) groups is 1. The van der Waals surface area contributed by atoms with Gasteiger partial charge < -0.3 is 5.32 Å². The van der Waals surface area contributed by atoms with Crippen molar-refractivity contribution >= 4 is 44.9 Å². The molecule has 0 bridgehead atoms. The second-order valence-electron chi connectivity index (χ2n) is 7.01. The lowest BCUT2D eigenvalue weighted by Gasteiger charge is -2.16. The molecule has 1 unspecified atom stereocenters. The zero-order valence-electron chi connectivity index (χ0n) is 17.1. The first-order valence-corrected chi connectivity index (χ1v) is 11.4.